The number of nitrogens with one attached hydrogen (secondary N) is 1. The van der Waals surface area contributed by atoms with E-state index in [0.29, 0.717) is 0 Å². The molecule has 0 aliphatic carbocycles. The lowest BCUT2D eigenvalue weighted by atomic mass is 10.1. The molecule has 0 radical (unpaired) electrons. The third-order valence-corrected chi connectivity index (χ3v) is 2.10. The Labute approximate surface area is 105 Å². The molecule has 1 aromatic rings. The molecule has 0 unspecified atom stereocenters. The summed E-state index contributed by atoms with van der Waals surface area (Å²) in [6, 6.07) is 0. The molecule has 0 atom stereocenters. The van der Waals surface area contributed by atoms with Gasteiger partial charge in [0.25, 0.3) is 5.56 Å². The van der Waals surface area contributed by atoms with Crippen LogP contribution in [0, 0.1) is 0 Å². The number of halogens is 3. The van der Waals surface area contributed by atoms with Crippen molar-refractivity contribution in [2.75, 3.05) is 14.2 Å². The van der Waals surface area contributed by atoms with Gasteiger partial charge in [-0.15, -0.1) is 13.2 Å². The number of alkyl halides is 3. The van der Waals surface area contributed by atoms with Crippen LogP contribution in [0.25, 0.3) is 0 Å². The Morgan fingerprint density at radius 2 is 2.00 bits per heavy atom. The molecule has 6 nitrogen and oxygen atoms in total. The molecular weight excluding hydrogens is 271 g/mol. The summed E-state index contributed by atoms with van der Waals surface area (Å²) in [5.41, 5.74) is -1.47. The molecule has 0 amide bonds. The predicted octanol–water partition coefficient (Wildman–Crippen LogP) is 0.998. The second-order valence-electron chi connectivity index (χ2n) is 3.29. The maximum Gasteiger partial charge on any atom is 0.573 e. The van der Waals surface area contributed by atoms with E-state index in [1.807, 2.05) is 4.98 Å². The second-order valence-corrected chi connectivity index (χ2v) is 3.29. The zero-order valence-electron chi connectivity index (χ0n) is 9.96. The molecule has 1 aromatic heterocycles. The van der Waals surface area contributed by atoms with Crippen molar-refractivity contribution in [3.8, 4) is 11.5 Å². The molecule has 0 fully saturated rings. The number of methoxy groups -OCH3 is 2. The van der Waals surface area contributed by atoms with E-state index in [1.54, 1.807) is 0 Å². The van der Waals surface area contributed by atoms with Crippen molar-refractivity contribution < 1.29 is 32.2 Å². The van der Waals surface area contributed by atoms with Crippen molar-refractivity contribution >= 4 is 5.97 Å². The van der Waals surface area contributed by atoms with Crippen LogP contribution < -0.4 is 15.0 Å². The first kappa shape index (κ1) is 14.9. The predicted molar refractivity (Wildman–Crippen MR) is 56.0 cm³/mol. The summed E-state index contributed by atoms with van der Waals surface area (Å²) >= 11 is 0. The molecule has 1 N–H and O–H groups in total. The zero-order valence-corrected chi connectivity index (χ0v) is 9.96. The first-order chi connectivity index (χ1) is 8.78. The number of hydrogen-bond donors (Lipinski definition) is 1. The topological polar surface area (TPSA) is 77.6 Å². The Hall–Kier alpha value is -2.19. The van der Waals surface area contributed by atoms with Gasteiger partial charge in [0.05, 0.1) is 26.2 Å². The number of pyridine rings is 1. The smallest absolute Gasteiger partial charge is 0.495 e. The van der Waals surface area contributed by atoms with Crippen molar-refractivity contribution in [3.05, 3.63) is 22.1 Å². The molecule has 0 spiro atoms. The van der Waals surface area contributed by atoms with E-state index in [9.17, 15) is 22.8 Å². The Morgan fingerprint density at radius 3 is 2.47 bits per heavy atom. The van der Waals surface area contributed by atoms with Gasteiger partial charge in [-0.1, -0.05) is 0 Å². The molecule has 0 saturated heterocycles. The number of hydrogen-bond acceptors (Lipinski definition) is 5. The molecule has 0 aliphatic heterocycles. The SMILES string of the molecule is COC(=O)Cc1c(OC)c[nH]c(=O)c1OC(F)(F)F. The van der Waals surface area contributed by atoms with Gasteiger partial charge in [0, 0.05) is 6.20 Å². The number of H-pyrrole nitrogens is 1. The second kappa shape index (κ2) is 5.63. The third-order valence-electron chi connectivity index (χ3n) is 2.10. The summed E-state index contributed by atoms with van der Waals surface area (Å²) < 4.78 is 49.4. The van der Waals surface area contributed by atoms with Crippen molar-refractivity contribution in [2.24, 2.45) is 0 Å². The Bertz CT molecular complexity index is 523. The average molecular weight is 281 g/mol. The molecule has 0 aromatic carbocycles. The van der Waals surface area contributed by atoms with Gasteiger partial charge in [0.2, 0.25) is 5.75 Å². The number of ether oxygens (including phenoxy) is 3. The van der Waals surface area contributed by atoms with E-state index in [1.165, 1.54) is 7.11 Å². The summed E-state index contributed by atoms with van der Waals surface area (Å²) in [6.07, 6.45) is -4.62. The first-order valence-electron chi connectivity index (χ1n) is 4.89. The van der Waals surface area contributed by atoms with Gasteiger partial charge in [0.1, 0.15) is 5.75 Å². The maximum atomic E-state index is 12.2. The fourth-order valence-corrected chi connectivity index (χ4v) is 1.32. The van der Waals surface area contributed by atoms with Crippen LogP contribution >= 0.6 is 0 Å². The van der Waals surface area contributed by atoms with Crippen LogP contribution in [0.3, 0.4) is 0 Å². The number of aromatic nitrogens is 1. The molecule has 19 heavy (non-hydrogen) atoms. The highest BCUT2D eigenvalue weighted by atomic mass is 19.4. The van der Waals surface area contributed by atoms with Crippen LogP contribution in [0.1, 0.15) is 5.56 Å². The van der Waals surface area contributed by atoms with Gasteiger partial charge in [0.15, 0.2) is 0 Å². The van der Waals surface area contributed by atoms with Crippen molar-refractivity contribution in [3.63, 3.8) is 0 Å². The third kappa shape index (κ3) is 3.90. The normalized spacial score (nSPS) is 11.0. The fourth-order valence-electron chi connectivity index (χ4n) is 1.32. The van der Waals surface area contributed by atoms with Crippen LogP contribution in [0.4, 0.5) is 13.2 Å². The van der Waals surface area contributed by atoms with E-state index in [4.69, 9.17) is 4.74 Å². The fraction of sp³-hybridized carbons (Fsp3) is 0.400. The lowest BCUT2D eigenvalue weighted by Gasteiger charge is -2.14. The molecule has 0 aliphatic rings. The number of carbonyl (C=O) groups is 1. The Morgan fingerprint density at radius 1 is 1.37 bits per heavy atom. The van der Waals surface area contributed by atoms with Crippen molar-refractivity contribution in [1.29, 1.82) is 0 Å². The minimum atomic E-state index is -5.07. The van der Waals surface area contributed by atoms with E-state index in [2.05, 4.69) is 9.47 Å². The van der Waals surface area contributed by atoms with Crippen LogP contribution in [-0.2, 0) is 16.0 Å². The van der Waals surface area contributed by atoms with E-state index < -0.39 is 30.1 Å². The van der Waals surface area contributed by atoms with Crippen LogP contribution in [0.5, 0.6) is 11.5 Å². The van der Waals surface area contributed by atoms with E-state index >= 15 is 0 Å². The van der Waals surface area contributed by atoms with E-state index in [-0.39, 0.29) is 11.3 Å². The maximum absolute atomic E-state index is 12.2. The Balaban J connectivity index is 3.32. The van der Waals surface area contributed by atoms with E-state index in [0.717, 1.165) is 13.3 Å². The van der Waals surface area contributed by atoms with Crippen LogP contribution in [0.2, 0.25) is 0 Å². The lowest BCUT2D eigenvalue weighted by Crippen LogP contribution is -2.25. The highest BCUT2D eigenvalue weighted by Crippen LogP contribution is 2.29. The summed E-state index contributed by atoms with van der Waals surface area (Å²) in [7, 11) is 2.23. The van der Waals surface area contributed by atoms with Crippen molar-refractivity contribution in [1.82, 2.24) is 4.98 Å². The van der Waals surface area contributed by atoms with Crippen LogP contribution in [0.15, 0.2) is 11.0 Å². The van der Waals surface area contributed by atoms with Gasteiger partial charge in [-0.05, 0) is 0 Å². The van der Waals surface area contributed by atoms with Gasteiger partial charge in [-0.2, -0.15) is 0 Å². The number of rotatable bonds is 4. The Kier molecular flexibility index (Phi) is 4.41. The highest BCUT2D eigenvalue weighted by Gasteiger charge is 2.34. The number of carbonyl (C=O) groups excluding carboxylic acids is 1. The zero-order chi connectivity index (χ0) is 14.6. The summed E-state index contributed by atoms with van der Waals surface area (Å²) in [4.78, 5) is 24.5. The largest absolute Gasteiger partial charge is 0.573 e. The highest BCUT2D eigenvalue weighted by molar-refractivity contribution is 5.74. The van der Waals surface area contributed by atoms with Gasteiger partial charge in [-0.3, -0.25) is 9.59 Å². The van der Waals surface area contributed by atoms with Gasteiger partial charge < -0.3 is 19.2 Å². The minimum Gasteiger partial charge on any atom is -0.495 e. The molecule has 106 valence electrons. The minimum absolute atomic E-state index is 0.121. The number of esters is 1. The monoisotopic (exact) mass is 281 g/mol. The summed E-state index contributed by atoms with van der Waals surface area (Å²) in [5.74, 6) is -2.00. The number of aromatic amines is 1. The molecule has 1 rings (SSSR count). The summed E-state index contributed by atoms with van der Waals surface area (Å²) in [5, 5.41) is 0. The molecule has 1 heterocycles. The standard InChI is InChI=1S/C10H10F3NO5/c1-17-6-4-14-9(16)8(19-10(11,12)13)5(6)3-7(15)18-2/h4H,3H2,1-2H3,(H,14,16). The lowest BCUT2D eigenvalue weighted by molar-refractivity contribution is -0.275. The van der Waals surface area contributed by atoms with Crippen LogP contribution in [-0.4, -0.2) is 31.5 Å². The average Bonchev–Trinajstić information content (AvgIpc) is 2.32. The molecule has 0 bridgehead atoms. The van der Waals surface area contributed by atoms with Gasteiger partial charge >= 0.3 is 12.3 Å². The van der Waals surface area contributed by atoms with Gasteiger partial charge in [-0.25, -0.2) is 0 Å². The molecular formula is C10H10F3NO5. The quantitative estimate of drug-likeness (QED) is 0.833. The molecule has 9 heteroatoms. The molecule has 0 saturated carbocycles. The summed E-state index contributed by atoms with van der Waals surface area (Å²) in [6.45, 7) is 0. The van der Waals surface area contributed by atoms with Crippen molar-refractivity contribution in [2.45, 2.75) is 12.8 Å². The first-order valence-corrected chi connectivity index (χ1v) is 4.89.